The van der Waals surface area contributed by atoms with Crippen LogP contribution in [0.15, 0.2) is 24.8 Å². The maximum atomic E-state index is 11.9. The van der Waals surface area contributed by atoms with Crippen molar-refractivity contribution in [3.05, 3.63) is 40.4 Å². The number of Topliss-reactive ketones (excluding diaryl/α,β-unsaturated/α-hetero) is 1. The van der Waals surface area contributed by atoms with Crippen LogP contribution < -0.4 is 4.90 Å². The molecule has 0 bridgehead atoms. The highest BCUT2D eigenvalue weighted by Crippen LogP contribution is 2.39. The van der Waals surface area contributed by atoms with E-state index in [2.05, 4.69) is 6.58 Å². The van der Waals surface area contributed by atoms with Crippen LogP contribution in [0.1, 0.15) is 23.2 Å². The Morgan fingerprint density at radius 1 is 1.22 bits per heavy atom. The van der Waals surface area contributed by atoms with Crippen LogP contribution in [0.5, 0.6) is 0 Å². The molecule has 3 nitrogen and oxygen atoms in total. The predicted molar refractivity (Wildman–Crippen MR) is 72.6 cm³/mol. The lowest BCUT2D eigenvalue weighted by Gasteiger charge is -2.17. The lowest BCUT2D eigenvalue weighted by molar-refractivity contribution is -0.114. The van der Waals surface area contributed by atoms with Gasteiger partial charge in [-0.05, 0) is 25.0 Å². The number of ketones is 1. The van der Waals surface area contributed by atoms with Crippen molar-refractivity contribution in [3.8, 4) is 0 Å². The number of hydrogen-bond donors (Lipinski definition) is 0. The van der Waals surface area contributed by atoms with Crippen molar-refractivity contribution in [1.82, 2.24) is 0 Å². The van der Waals surface area contributed by atoms with Crippen LogP contribution in [0.2, 0.25) is 10.0 Å². The van der Waals surface area contributed by atoms with E-state index in [-0.39, 0.29) is 10.6 Å². The van der Waals surface area contributed by atoms with Crippen molar-refractivity contribution in [2.24, 2.45) is 0 Å². The van der Waals surface area contributed by atoms with Gasteiger partial charge in [0.05, 0.1) is 21.3 Å². The second-order valence-electron chi connectivity index (χ2n) is 3.97. The minimum Gasteiger partial charge on any atom is -0.303 e. The molecule has 0 saturated carbocycles. The van der Waals surface area contributed by atoms with E-state index in [9.17, 15) is 9.59 Å². The number of unbranched alkanes of at least 4 members (excludes halogenated alkanes) is 1. The van der Waals surface area contributed by atoms with E-state index in [0.717, 1.165) is 12.8 Å². The number of carbonyl (C=O) groups is 2. The molecule has 1 aromatic carbocycles. The first-order valence-corrected chi connectivity index (χ1v) is 6.28. The van der Waals surface area contributed by atoms with Crippen LogP contribution >= 0.6 is 23.2 Å². The molecular weight excluding hydrogens is 273 g/mol. The van der Waals surface area contributed by atoms with E-state index >= 15 is 0 Å². The number of anilines is 1. The lowest BCUT2D eigenvalue weighted by Crippen LogP contribution is -2.30. The molecule has 5 heteroatoms. The van der Waals surface area contributed by atoms with Crippen LogP contribution in [0, 0.1) is 0 Å². The summed E-state index contributed by atoms with van der Waals surface area (Å²) in [6.07, 6.45) is 3.26. The van der Waals surface area contributed by atoms with E-state index in [4.69, 9.17) is 23.2 Å². The highest BCUT2D eigenvalue weighted by molar-refractivity contribution is 6.56. The van der Waals surface area contributed by atoms with E-state index < -0.39 is 11.7 Å². The van der Waals surface area contributed by atoms with Crippen molar-refractivity contribution < 1.29 is 9.59 Å². The summed E-state index contributed by atoms with van der Waals surface area (Å²) in [6, 6.07) is 3.12. The number of benzene rings is 1. The molecule has 2 rings (SSSR count). The van der Waals surface area contributed by atoms with Gasteiger partial charge in [0, 0.05) is 6.54 Å². The van der Waals surface area contributed by atoms with Gasteiger partial charge in [-0.25, -0.2) is 0 Å². The Kier molecular flexibility index (Phi) is 3.73. The summed E-state index contributed by atoms with van der Waals surface area (Å²) in [4.78, 5) is 25.2. The molecule has 1 aliphatic rings. The molecule has 0 fully saturated rings. The van der Waals surface area contributed by atoms with E-state index in [0.29, 0.717) is 17.3 Å². The average Bonchev–Trinajstić information content (AvgIpc) is 2.60. The Morgan fingerprint density at radius 2 is 1.89 bits per heavy atom. The fraction of sp³-hybridized carbons (Fsp3) is 0.231. The number of nitrogens with zero attached hydrogens (tertiary/aromatic N) is 1. The van der Waals surface area contributed by atoms with Crippen LogP contribution in [0.3, 0.4) is 0 Å². The van der Waals surface area contributed by atoms with Gasteiger partial charge in [0.2, 0.25) is 0 Å². The normalized spacial score (nSPS) is 14.0. The van der Waals surface area contributed by atoms with Gasteiger partial charge in [0.1, 0.15) is 0 Å². The first-order valence-electron chi connectivity index (χ1n) is 5.53. The van der Waals surface area contributed by atoms with Crippen molar-refractivity contribution in [3.63, 3.8) is 0 Å². The van der Waals surface area contributed by atoms with Gasteiger partial charge in [0.25, 0.3) is 11.7 Å². The predicted octanol–water partition coefficient (Wildman–Crippen LogP) is 3.49. The van der Waals surface area contributed by atoms with Gasteiger partial charge in [0.15, 0.2) is 0 Å². The van der Waals surface area contributed by atoms with Gasteiger partial charge >= 0.3 is 0 Å². The summed E-state index contributed by atoms with van der Waals surface area (Å²) in [5.74, 6) is -1.15. The second kappa shape index (κ2) is 5.12. The number of rotatable bonds is 4. The second-order valence-corrected chi connectivity index (χ2v) is 4.78. The molecular formula is C13H11Cl2NO2. The van der Waals surface area contributed by atoms with Crippen molar-refractivity contribution >= 4 is 40.6 Å². The zero-order valence-corrected chi connectivity index (χ0v) is 11.1. The quantitative estimate of drug-likeness (QED) is 0.482. The number of carbonyl (C=O) groups excluding carboxylic acids is 2. The molecule has 1 amide bonds. The molecule has 0 unspecified atom stereocenters. The Morgan fingerprint density at radius 3 is 2.56 bits per heavy atom. The van der Waals surface area contributed by atoms with Crippen molar-refractivity contribution in [2.45, 2.75) is 12.8 Å². The molecule has 18 heavy (non-hydrogen) atoms. The maximum absolute atomic E-state index is 11.9. The smallest absolute Gasteiger partial charge is 0.299 e. The molecule has 0 spiro atoms. The summed E-state index contributed by atoms with van der Waals surface area (Å²) in [5.41, 5.74) is 0.649. The van der Waals surface area contributed by atoms with E-state index in [1.54, 1.807) is 12.1 Å². The van der Waals surface area contributed by atoms with E-state index in [1.165, 1.54) is 11.0 Å². The maximum Gasteiger partial charge on any atom is 0.299 e. The average molecular weight is 284 g/mol. The standard InChI is InChI=1S/C13H11Cl2NO2/c1-2-3-4-7-16-11-9(15)6-5-8(14)10(11)12(17)13(16)18/h2,5-6H,1,3-4,7H2. The number of amides is 1. The summed E-state index contributed by atoms with van der Waals surface area (Å²) < 4.78 is 0. The molecule has 0 radical (unpaired) electrons. The summed E-state index contributed by atoms with van der Waals surface area (Å²) in [6.45, 7) is 4.05. The molecule has 0 atom stereocenters. The zero-order valence-electron chi connectivity index (χ0n) is 9.58. The van der Waals surface area contributed by atoms with Gasteiger partial charge in [-0.3, -0.25) is 9.59 Å². The first-order chi connectivity index (χ1) is 8.57. The lowest BCUT2D eigenvalue weighted by atomic mass is 10.1. The van der Waals surface area contributed by atoms with E-state index in [1.807, 2.05) is 0 Å². The number of hydrogen-bond acceptors (Lipinski definition) is 2. The van der Waals surface area contributed by atoms with Gasteiger partial charge in [-0.1, -0.05) is 29.3 Å². The molecule has 94 valence electrons. The third-order valence-corrected chi connectivity index (χ3v) is 3.42. The van der Waals surface area contributed by atoms with Gasteiger partial charge in [-0.2, -0.15) is 0 Å². The monoisotopic (exact) mass is 283 g/mol. The first kappa shape index (κ1) is 13.1. The van der Waals surface area contributed by atoms with Crippen LogP contribution in [-0.4, -0.2) is 18.2 Å². The highest BCUT2D eigenvalue weighted by atomic mass is 35.5. The molecule has 0 saturated heterocycles. The molecule has 0 N–H and O–H groups in total. The Labute approximate surface area is 115 Å². The topological polar surface area (TPSA) is 37.4 Å². The van der Waals surface area contributed by atoms with Crippen molar-refractivity contribution in [1.29, 1.82) is 0 Å². The Bertz CT molecular complexity index is 540. The molecule has 1 heterocycles. The highest BCUT2D eigenvalue weighted by Gasteiger charge is 2.38. The number of halogens is 2. The van der Waals surface area contributed by atoms with Crippen LogP contribution in [0.25, 0.3) is 0 Å². The summed E-state index contributed by atoms with van der Waals surface area (Å²) in [7, 11) is 0. The Balaban J connectivity index is 2.41. The molecule has 1 aromatic rings. The fourth-order valence-electron chi connectivity index (χ4n) is 1.96. The number of allylic oxidation sites excluding steroid dienone is 1. The third-order valence-electron chi connectivity index (χ3n) is 2.80. The molecule has 0 aromatic heterocycles. The SMILES string of the molecule is C=CCCCN1C(=O)C(=O)c2c(Cl)ccc(Cl)c21. The third kappa shape index (κ3) is 2.04. The van der Waals surface area contributed by atoms with Crippen LogP contribution in [0.4, 0.5) is 5.69 Å². The largest absolute Gasteiger partial charge is 0.303 e. The molecule has 1 aliphatic heterocycles. The fourth-order valence-corrected chi connectivity index (χ4v) is 2.46. The van der Waals surface area contributed by atoms with Crippen molar-refractivity contribution in [2.75, 3.05) is 11.4 Å². The minimum atomic E-state index is -0.587. The minimum absolute atomic E-state index is 0.216. The molecule has 0 aliphatic carbocycles. The number of fused-ring (bicyclic) bond motifs is 1. The van der Waals surface area contributed by atoms with Crippen LogP contribution in [-0.2, 0) is 4.79 Å². The Hall–Kier alpha value is -1.32. The van der Waals surface area contributed by atoms with Gasteiger partial charge < -0.3 is 4.90 Å². The zero-order chi connectivity index (χ0) is 13.3. The summed E-state index contributed by atoms with van der Waals surface area (Å²) in [5, 5.41) is 0.631. The van der Waals surface area contributed by atoms with Gasteiger partial charge in [-0.15, -0.1) is 6.58 Å². The summed E-state index contributed by atoms with van der Waals surface area (Å²) >= 11 is 12.0.